The van der Waals surface area contributed by atoms with Crippen LogP contribution in [0.5, 0.6) is 0 Å². The standard InChI is InChI=1S/C15H20N4O3Si/c1-23(2,3)5-4-21-10-19-12-7-17-14(20)6-11(12)15(18-19)13-8-16-9-22-13/h6-9H,4-5,10H2,1-3H3,(H,17,20). The number of H-pyrrole nitrogens is 1. The highest BCUT2D eigenvalue weighted by Gasteiger charge is 2.16. The van der Waals surface area contributed by atoms with Crippen LogP contribution in [0.3, 0.4) is 0 Å². The lowest BCUT2D eigenvalue weighted by atomic mass is 10.2. The second-order valence-electron chi connectivity index (χ2n) is 6.66. The number of pyridine rings is 1. The molecule has 7 nitrogen and oxygen atoms in total. The van der Waals surface area contributed by atoms with Crippen molar-refractivity contribution in [3.63, 3.8) is 0 Å². The molecular weight excluding hydrogens is 312 g/mol. The van der Waals surface area contributed by atoms with E-state index in [9.17, 15) is 4.79 Å². The molecule has 3 aromatic rings. The van der Waals surface area contributed by atoms with Crippen LogP contribution in [0.15, 0.2) is 34.1 Å². The fraction of sp³-hybridized carbons (Fsp3) is 0.400. The van der Waals surface area contributed by atoms with E-state index in [0.29, 0.717) is 24.8 Å². The summed E-state index contributed by atoms with van der Waals surface area (Å²) in [5.41, 5.74) is 1.21. The Labute approximate surface area is 134 Å². The number of nitrogens with one attached hydrogen (secondary N) is 1. The van der Waals surface area contributed by atoms with E-state index in [-0.39, 0.29) is 5.56 Å². The van der Waals surface area contributed by atoms with Crippen molar-refractivity contribution in [2.45, 2.75) is 32.4 Å². The van der Waals surface area contributed by atoms with Gasteiger partial charge in [0.15, 0.2) is 12.2 Å². The zero-order valence-corrected chi connectivity index (χ0v) is 14.5. The summed E-state index contributed by atoms with van der Waals surface area (Å²) in [5, 5.41) is 5.24. The first kappa shape index (κ1) is 15.7. The van der Waals surface area contributed by atoms with E-state index in [4.69, 9.17) is 9.15 Å². The van der Waals surface area contributed by atoms with Crippen molar-refractivity contribution >= 4 is 19.0 Å². The molecule has 0 amide bonds. The van der Waals surface area contributed by atoms with E-state index in [0.717, 1.165) is 16.9 Å². The van der Waals surface area contributed by atoms with Gasteiger partial charge < -0.3 is 14.1 Å². The molecule has 122 valence electrons. The van der Waals surface area contributed by atoms with Gasteiger partial charge >= 0.3 is 0 Å². The Balaban J connectivity index is 1.87. The smallest absolute Gasteiger partial charge is 0.248 e. The molecule has 0 bridgehead atoms. The van der Waals surface area contributed by atoms with Gasteiger partial charge in [0, 0.05) is 32.3 Å². The van der Waals surface area contributed by atoms with E-state index in [1.165, 1.54) is 12.5 Å². The average Bonchev–Trinajstić information content (AvgIpc) is 3.09. The van der Waals surface area contributed by atoms with Gasteiger partial charge in [-0.25, -0.2) is 9.67 Å². The molecule has 0 atom stereocenters. The molecule has 0 aliphatic rings. The van der Waals surface area contributed by atoms with E-state index >= 15 is 0 Å². The lowest BCUT2D eigenvalue weighted by Gasteiger charge is -2.15. The number of hydrogen-bond acceptors (Lipinski definition) is 5. The summed E-state index contributed by atoms with van der Waals surface area (Å²) in [5.74, 6) is 0.529. The second kappa shape index (κ2) is 6.13. The largest absolute Gasteiger partial charge is 0.442 e. The Hall–Kier alpha value is -2.19. The first-order valence-electron chi connectivity index (χ1n) is 7.50. The van der Waals surface area contributed by atoms with Crippen molar-refractivity contribution < 1.29 is 9.15 Å². The Bertz CT molecular complexity index is 846. The summed E-state index contributed by atoms with van der Waals surface area (Å²) in [6.07, 6.45) is 4.57. The highest BCUT2D eigenvalue weighted by atomic mass is 28.3. The molecule has 23 heavy (non-hydrogen) atoms. The Morgan fingerprint density at radius 3 is 2.91 bits per heavy atom. The van der Waals surface area contributed by atoms with Crippen molar-refractivity contribution in [1.29, 1.82) is 0 Å². The van der Waals surface area contributed by atoms with E-state index in [1.807, 2.05) is 0 Å². The van der Waals surface area contributed by atoms with Crippen molar-refractivity contribution in [3.05, 3.63) is 35.2 Å². The van der Waals surface area contributed by atoms with Crippen LogP contribution in [0.4, 0.5) is 0 Å². The molecule has 0 unspecified atom stereocenters. The number of fused-ring (bicyclic) bond motifs is 1. The number of nitrogens with zero attached hydrogens (tertiary/aromatic N) is 3. The lowest BCUT2D eigenvalue weighted by molar-refractivity contribution is 0.0818. The molecule has 0 fully saturated rings. The third-order valence-electron chi connectivity index (χ3n) is 3.53. The van der Waals surface area contributed by atoms with E-state index in [2.05, 4.69) is 34.7 Å². The van der Waals surface area contributed by atoms with E-state index < -0.39 is 8.07 Å². The molecule has 0 aliphatic carbocycles. The molecular formula is C15H20N4O3Si. The number of rotatable bonds is 6. The molecule has 3 rings (SSSR count). The van der Waals surface area contributed by atoms with Gasteiger partial charge in [-0.15, -0.1) is 0 Å². The van der Waals surface area contributed by atoms with Crippen LogP contribution in [-0.2, 0) is 11.5 Å². The molecule has 3 aromatic heterocycles. The molecule has 0 saturated heterocycles. The maximum atomic E-state index is 11.6. The molecule has 0 radical (unpaired) electrons. The van der Waals surface area contributed by atoms with Crippen LogP contribution < -0.4 is 5.56 Å². The minimum absolute atomic E-state index is 0.183. The average molecular weight is 332 g/mol. The normalized spacial score (nSPS) is 12.1. The summed E-state index contributed by atoms with van der Waals surface area (Å²) >= 11 is 0. The van der Waals surface area contributed by atoms with Gasteiger partial charge in [-0.3, -0.25) is 4.79 Å². The topological polar surface area (TPSA) is 85.9 Å². The molecule has 3 heterocycles. The third-order valence-corrected chi connectivity index (χ3v) is 5.24. The van der Waals surface area contributed by atoms with Crippen LogP contribution in [0.25, 0.3) is 22.4 Å². The van der Waals surface area contributed by atoms with Crippen LogP contribution in [0.2, 0.25) is 25.7 Å². The zero-order chi connectivity index (χ0) is 16.4. The monoisotopic (exact) mass is 332 g/mol. The quantitative estimate of drug-likeness (QED) is 0.554. The minimum Gasteiger partial charge on any atom is -0.442 e. The zero-order valence-electron chi connectivity index (χ0n) is 13.5. The molecule has 0 spiro atoms. The number of hydrogen-bond donors (Lipinski definition) is 1. The molecule has 0 saturated carbocycles. The van der Waals surface area contributed by atoms with Gasteiger partial charge in [-0.1, -0.05) is 19.6 Å². The summed E-state index contributed by atoms with van der Waals surface area (Å²) in [7, 11) is -1.12. The van der Waals surface area contributed by atoms with Gasteiger partial charge in [0.2, 0.25) is 5.56 Å². The first-order chi connectivity index (χ1) is 10.9. The molecule has 1 N–H and O–H groups in total. The fourth-order valence-corrected chi connectivity index (χ4v) is 2.99. The number of aromatic nitrogens is 4. The SMILES string of the molecule is C[Si](C)(C)CCOCn1nc(-c2cnco2)c2cc(=O)[nH]cc21. The van der Waals surface area contributed by atoms with E-state index in [1.54, 1.807) is 17.1 Å². The van der Waals surface area contributed by atoms with Crippen LogP contribution in [-0.4, -0.2) is 34.4 Å². The summed E-state index contributed by atoms with van der Waals surface area (Å²) in [6.45, 7) is 7.98. The number of ether oxygens (including phenoxy) is 1. The highest BCUT2D eigenvalue weighted by molar-refractivity contribution is 6.76. The minimum atomic E-state index is -1.12. The van der Waals surface area contributed by atoms with Crippen molar-refractivity contribution in [3.8, 4) is 11.5 Å². The second-order valence-corrected chi connectivity index (χ2v) is 12.3. The molecule has 0 aromatic carbocycles. The maximum Gasteiger partial charge on any atom is 0.248 e. The Kier molecular flexibility index (Phi) is 4.18. The Morgan fingerprint density at radius 2 is 2.22 bits per heavy atom. The van der Waals surface area contributed by atoms with Gasteiger partial charge in [-0.05, 0) is 6.04 Å². The summed E-state index contributed by atoms with van der Waals surface area (Å²) in [4.78, 5) is 18.2. The van der Waals surface area contributed by atoms with Gasteiger partial charge in [0.05, 0.1) is 11.7 Å². The predicted octanol–water partition coefficient (Wildman–Crippen LogP) is 2.69. The summed E-state index contributed by atoms with van der Waals surface area (Å²) in [6, 6.07) is 2.61. The first-order valence-corrected chi connectivity index (χ1v) is 11.2. The van der Waals surface area contributed by atoms with Gasteiger partial charge in [-0.2, -0.15) is 5.10 Å². The van der Waals surface area contributed by atoms with Crippen molar-refractivity contribution in [1.82, 2.24) is 19.7 Å². The van der Waals surface area contributed by atoms with Crippen molar-refractivity contribution in [2.24, 2.45) is 0 Å². The predicted molar refractivity (Wildman–Crippen MR) is 90.0 cm³/mol. The fourth-order valence-electron chi connectivity index (χ4n) is 2.24. The third kappa shape index (κ3) is 3.59. The van der Waals surface area contributed by atoms with Gasteiger partial charge in [0.25, 0.3) is 0 Å². The highest BCUT2D eigenvalue weighted by Crippen LogP contribution is 2.26. The van der Waals surface area contributed by atoms with Crippen molar-refractivity contribution in [2.75, 3.05) is 6.61 Å². The molecule has 8 heteroatoms. The van der Waals surface area contributed by atoms with Crippen LogP contribution >= 0.6 is 0 Å². The van der Waals surface area contributed by atoms with Gasteiger partial charge in [0.1, 0.15) is 12.4 Å². The lowest BCUT2D eigenvalue weighted by Crippen LogP contribution is -2.22. The number of aromatic amines is 1. The maximum absolute atomic E-state index is 11.6. The Morgan fingerprint density at radius 1 is 1.39 bits per heavy atom. The van der Waals surface area contributed by atoms with Crippen LogP contribution in [0, 0.1) is 0 Å². The van der Waals surface area contributed by atoms with Crippen LogP contribution in [0.1, 0.15) is 0 Å². The molecule has 0 aliphatic heterocycles. The summed E-state index contributed by atoms with van der Waals surface area (Å²) < 4.78 is 12.8. The number of oxazole rings is 1.